The van der Waals surface area contributed by atoms with Crippen LogP contribution in [0.15, 0.2) is 0 Å². The van der Waals surface area contributed by atoms with Gasteiger partial charge in [0.1, 0.15) is 6.04 Å². The van der Waals surface area contributed by atoms with Crippen molar-refractivity contribution in [3.63, 3.8) is 0 Å². The molecular weight excluding hydrogens is 256 g/mol. The summed E-state index contributed by atoms with van der Waals surface area (Å²) in [5, 5.41) is 11.7. The van der Waals surface area contributed by atoms with Gasteiger partial charge in [0.25, 0.3) is 0 Å². The first-order valence-electron chi connectivity index (χ1n) is 7.62. The molecule has 0 spiro atoms. The summed E-state index contributed by atoms with van der Waals surface area (Å²) in [5.74, 6) is -0.430. The van der Waals surface area contributed by atoms with E-state index in [-0.39, 0.29) is 11.8 Å². The van der Waals surface area contributed by atoms with Gasteiger partial charge in [0.15, 0.2) is 0 Å². The van der Waals surface area contributed by atoms with E-state index in [4.69, 9.17) is 10.8 Å². The van der Waals surface area contributed by atoms with E-state index in [2.05, 4.69) is 12.2 Å². The Labute approximate surface area is 122 Å². The highest BCUT2D eigenvalue weighted by molar-refractivity contribution is 5.83. The van der Waals surface area contributed by atoms with Crippen LogP contribution in [-0.4, -0.2) is 29.6 Å². The molecule has 5 nitrogen and oxygen atoms in total. The summed E-state index contributed by atoms with van der Waals surface area (Å²) in [6, 6.07) is -0.776. The zero-order valence-electron chi connectivity index (χ0n) is 13.0. The number of nitrogens with one attached hydrogen (secondary N) is 1. The minimum Gasteiger partial charge on any atom is -0.480 e. The Kier molecular flexibility index (Phi) is 10.1. The maximum Gasteiger partial charge on any atom is 0.326 e. The summed E-state index contributed by atoms with van der Waals surface area (Å²) < 4.78 is 0. The van der Waals surface area contributed by atoms with Crippen molar-refractivity contribution in [3.05, 3.63) is 0 Å². The molecule has 5 heteroatoms. The molecule has 0 aromatic carbocycles. The number of amides is 1. The van der Waals surface area contributed by atoms with E-state index in [1.165, 1.54) is 0 Å². The summed E-state index contributed by atoms with van der Waals surface area (Å²) in [6.07, 6.45) is 4.70. The molecule has 0 aliphatic rings. The van der Waals surface area contributed by atoms with Crippen LogP contribution in [0.2, 0.25) is 0 Å². The maximum atomic E-state index is 11.8. The number of hydrogen-bond donors (Lipinski definition) is 3. The molecule has 0 aliphatic heterocycles. The normalized spacial score (nSPS) is 14.1. The van der Waals surface area contributed by atoms with Crippen LogP contribution in [0.3, 0.4) is 0 Å². The van der Waals surface area contributed by atoms with Crippen LogP contribution in [0.4, 0.5) is 0 Å². The van der Waals surface area contributed by atoms with Crippen molar-refractivity contribution in [3.8, 4) is 0 Å². The number of nitrogens with two attached hydrogens (primary N) is 1. The van der Waals surface area contributed by atoms with Crippen LogP contribution < -0.4 is 11.1 Å². The van der Waals surface area contributed by atoms with Crippen LogP contribution in [0.25, 0.3) is 0 Å². The molecule has 1 amide bonds. The second kappa shape index (κ2) is 10.7. The molecule has 0 fully saturated rings. The lowest BCUT2D eigenvalue weighted by atomic mass is 9.94. The smallest absolute Gasteiger partial charge is 0.326 e. The Morgan fingerprint density at radius 2 is 1.85 bits per heavy atom. The fraction of sp³-hybridized carbons (Fsp3) is 0.867. The van der Waals surface area contributed by atoms with E-state index in [9.17, 15) is 9.59 Å². The minimum absolute atomic E-state index is 0.170. The quantitative estimate of drug-likeness (QED) is 0.542. The lowest BCUT2D eigenvalue weighted by Gasteiger charge is -2.18. The summed E-state index contributed by atoms with van der Waals surface area (Å²) in [4.78, 5) is 22.9. The first-order chi connectivity index (χ1) is 9.40. The predicted octanol–water partition coefficient (Wildman–Crippen LogP) is 2.15. The predicted molar refractivity (Wildman–Crippen MR) is 80.3 cm³/mol. The molecule has 0 aromatic heterocycles. The fourth-order valence-corrected chi connectivity index (χ4v) is 2.37. The molecule has 0 saturated carbocycles. The number of hydrogen-bond acceptors (Lipinski definition) is 3. The third-order valence-corrected chi connectivity index (χ3v) is 3.39. The number of carbonyl (C=O) groups is 2. The van der Waals surface area contributed by atoms with Gasteiger partial charge in [-0.3, -0.25) is 4.79 Å². The van der Waals surface area contributed by atoms with Crippen molar-refractivity contribution in [1.29, 1.82) is 0 Å². The van der Waals surface area contributed by atoms with E-state index in [0.29, 0.717) is 25.3 Å². The van der Waals surface area contributed by atoms with E-state index < -0.39 is 12.0 Å². The molecule has 0 rings (SSSR count). The summed E-state index contributed by atoms with van der Waals surface area (Å²) >= 11 is 0. The van der Waals surface area contributed by atoms with Crippen LogP contribution in [0, 0.1) is 11.8 Å². The highest BCUT2D eigenvalue weighted by Gasteiger charge is 2.21. The lowest BCUT2D eigenvalue weighted by molar-refractivity contribution is -0.142. The first-order valence-corrected chi connectivity index (χ1v) is 7.62. The lowest BCUT2D eigenvalue weighted by Crippen LogP contribution is -2.41. The molecule has 2 atom stereocenters. The van der Waals surface area contributed by atoms with Gasteiger partial charge in [0.2, 0.25) is 5.91 Å². The van der Waals surface area contributed by atoms with Gasteiger partial charge >= 0.3 is 5.97 Å². The van der Waals surface area contributed by atoms with Crippen LogP contribution in [-0.2, 0) is 9.59 Å². The maximum absolute atomic E-state index is 11.8. The van der Waals surface area contributed by atoms with Crippen molar-refractivity contribution >= 4 is 11.9 Å². The van der Waals surface area contributed by atoms with E-state index in [1.807, 2.05) is 13.8 Å². The number of carboxylic acids is 1. The van der Waals surface area contributed by atoms with Crippen molar-refractivity contribution < 1.29 is 14.7 Å². The molecule has 0 radical (unpaired) electrons. The SMILES string of the molecule is CCCC(CCN)CCC(=O)N[C@@H](CC(C)C)C(=O)O. The number of carbonyl (C=O) groups excluding carboxylic acids is 1. The van der Waals surface area contributed by atoms with Crippen molar-refractivity contribution in [2.24, 2.45) is 17.6 Å². The van der Waals surface area contributed by atoms with Gasteiger partial charge in [0, 0.05) is 6.42 Å². The molecule has 0 bridgehead atoms. The molecule has 0 aromatic rings. The van der Waals surface area contributed by atoms with Gasteiger partial charge in [0.05, 0.1) is 0 Å². The summed E-state index contributed by atoms with van der Waals surface area (Å²) in [7, 11) is 0. The molecule has 1 unspecified atom stereocenters. The van der Waals surface area contributed by atoms with Gasteiger partial charge in [-0.2, -0.15) is 0 Å². The van der Waals surface area contributed by atoms with Crippen molar-refractivity contribution in [1.82, 2.24) is 5.32 Å². The molecule has 0 aliphatic carbocycles. The largest absolute Gasteiger partial charge is 0.480 e. The third-order valence-electron chi connectivity index (χ3n) is 3.39. The molecule has 0 saturated heterocycles. The molecule has 20 heavy (non-hydrogen) atoms. The monoisotopic (exact) mass is 286 g/mol. The van der Waals surface area contributed by atoms with Crippen molar-refractivity contribution in [2.75, 3.05) is 6.54 Å². The highest BCUT2D eigenvalue weighted by Crippen LogP contribution is 2.17. The Morgan fingerprint density at radius 3 is 2.30 bits per heavy atom. The van der Waals surface area contributed by atoms with Gasteiger partial charge in [-0.1, -0.05) is 33.6 Å². The van der Waals surface area contributed by atoms with E-state index in [1.54, 1.807) is 0 Å². The Morgan fingerprint density at radius 1 is 1.20 bits per heavy atom. The second-order valence-electron chi connectivity index (χ2n) is 5.86. The van der Waals surface area contributed by atoms with Gasteiger partial charge in [-0.05, 0) is 37.6 Å². The van der Waals surface area contributed by atoms with Crippen LogP contribution in [0.5, 0.6) is 0 Å². The van der Waals surface area contributed by atoms with E-state index >= 15 is 0 Å². The highest BCUT2D eigenvalue weighted by atomic mass is 16.4. The summed E-state index contributed by atoms with van der Waals surface area (Å²) in [6.45, 7) is 6.64. The molecule has 0 heterocycles. The topological polar surface area (TPSA) is 92.4 Å². The standard InChI is InChI=1S/C15H30N2O3/c1-4-5-12(8-9-16)6-7-14(18)17-13(15(19)20)10-11(2)3/h11-13H,4-10,16H2,1-3H3,(H,17,18)(H,19,20)/t12?,13-/m0/s1. The number of rotatable bonds is 11. The minimum atomic E-state index is -0.959. The second-order valence-corrected chi connectivity index (χ2v) is 5.86. The Balaban J connectivity index is 4.20. The van der Waals surface area contributed by atoms with Crippen LogP contribution >= 0.6 is 0 Å². The van der Waals surface area contributed by atoms with Gasteiger partial charge in [-0.25, -0.2) is 4.79 Å². The zero-order chi connectivity index (χ0) is 15.5. The number of aliphatic carboxylic acids is 1. The summed E-state index contributed by atoms with van der Waals surface area (Å²) in [5.41, 5.74) is 5.56. The van der Waals surface area contributed by atoms with Crippen molar-refractivity contribution in [2.45, 2.75) is 65.3 Å². The average Bonchev–Trinajstić information content (AvgIpc) is 2.35. The average molecular weight is 286 g/mol. The molecule has 4 N–H and O–H groups in total. The molecular formula is C15H30N2O3. The zero-order valence-corrected chi connectivity index (χ0v) is 13.0. The van der Waals surface area contributed by atoms with Gasteiger partial charge in [-0.15, -0.1) is 0 Å². The van der Waals surface area contributed by atoms with E-state index in [0.717, 1.165) is 25.7 Å². The first kappa shape index (κ1) is 18.9. The Hall–Kier alpha value is -1.10. The molecule has 118 valence electrons. The third kappa shape index (κ3) is 8.91. The van der Waals surface area contributed by atoms with Gasteiger partial charge < -0.3 is 16.2 Å². The number of carboxylic acid groups (broad SMARTS) is 1. The fourth-order valence-electron chi connectivity index (χ4n) is 2.37. The van der Waals surface area contributed by atoms with Crippen LogP contribution in [0.1, 0.15) is 59.3 Å². The Bertz CT molecular complexity index is 287.